The highest BCUT2D eigenvalue weighted by Crippen LogP contribution is 2.13. The lowest BCUT2D eigenvalue weighted by Crippen LogP contribution is -2.45. The zero-order chi connectivity index (χ0) is 12.9. The summed E-state index contributed by atoms with van der Waals surface area (Å²) < 4.78 is 5.15. The molecule has 1 N–H and O–H groups in total. The third-order valence-corrected chi connectivity index (χ3v) is 2.18. The van der Waals surface area contributed by atoms with E-state index in [1.807, 2.05) is 13.8 Å². The average molecular weight is 229 g/mol. The van der Waals surface area contributed by atoms with Gasteiger partial charge in [-0.25, -0.2) is 4.79 Å². The largest absolute Gasteiger partial charge is 0.444 e. The molecule has 1 amide bonds. The average Bonchev–Trinajstić information content (AvgIpc) is 2.09. The quantitative estimate of drug-likeness (QED) is 0.753. The van der Waals surface area contributed by atoms with Gasteiger partial charge in [-0.05, 0) is 26.7 Å². The van der Waals surface area contributed by atoms with Crippen molar-refractivity contribution in [3.8, 4) is 0 Å². The molecule has 0 bridgehead atoms. The zero-order valence-corrected chi connectivity index (χ0v) is 11.0. The SMILES string of the molecule is CC(C)[C@@H](NC(=O)OC(C)(C)C)[C@@H](C)C=O. The number of carbonyl (C=O) groups excluding carboxylic acids is 2. The number of aldehydes is 1. The highest BCUT2D eigenvalue weighted by Gasteiger charge is 2.25. The molecule has 0 aromatic rings. The van der Waals surface area contributed by atoms with Crippen LogP contribution in [0.2, 0.25) is 0 Å². The molecule has 94 valence electrons. The Balaban J connectivity index is 4.41. The van der Waals surface area contributed by atoms with E-state index in [0.29, 0.717) is 0 Å². The van der Waals surface area contributed by atoms with E-state index >= 15 is 0 Å². The Morgan fingerprint density at radius 2 is 1.75 bits per heavy atom. The number of alkyl carbamates (subject to hydrolysis) is 1. The molecule has 0 saturated heterocycles. The molecule has 0 aliphatic rings. The Morgan fingerprint density at radius 3 is 2.06 bits per heavy atom. The molecule has 0 spiro atoms. The van der Waals surface area contributed by atoms with E-state index in [-0.39, 0.29) is 17.9 Å². The van der Waals surface area contributed by atoms with Gasteiger partial charge in [0.15, 0.2) is 0 Å². The maximum absolute atomic E-state index is 11.5. The fourth-order valence-corrected chi connectivity index (χ4v) is 1.43. The van der Waals surface area contributed by atoms with Crippen molar-refractivity contribution < 1.29 is 14.3 Å². The van der Waals surface area contributed by atoms with Gasteiger partial charge in [0.05, 0.1) is 0 Å². The van der Waals surface area contributed by atoms with Crippen molar-refractivity contribution in [1.82, 2.24) is 5.32 Å². The van der Waals surface area contributed by atoms with E-state index in [1.165, 1.54) is 0 Å². The first-order chi connectivity index (χ1) is 7.17. The van der Waals surface area contributed by atoms with Crippen LogP contribution < -0.4 is 5.32 Å². The van der Waals surface area contributed by atoms with Crippen LogP contribution in [0.4, 0.5) is 4.79 Å². The summed E-state index contributed by atoms with van der Waals surface area (Å²) in [7, 11) is 0. The van der Waals surface area contributed by atoms with Crippen molar-refractivity contribution in [2.45, 2.75) is 53.2 Å². The number of rotatable bonds is 4. The van der Waals surface area contributed by atoms with Gasteiger partial charge in [-0.1, -0.05) is 20.8 Å². The molecule has 0 saturated carbocycles. The number of carbonyl (C=O) groups is 2. The number of hydrogen-bond acceptors (Lipinski definition) is 3. The van der Waals surface area contributed by atoms with Gasteiger partial charge in [0.2, 0.25) is 0 Å². The van der Waals surface area contributed by atoms with Crippen molar-refractivity contribution >= 4 is 12.4 Å². The van der Waals surface area contributed by atoms with Crippen LogP contribution in [0.15, 0.2) is 0 Å². The fraction of sp³-hybridized carbons (Fsp3) is 0.833. The first-order valence-corrected chi connectivity index (χ1v) is 5.62. The summed E-state index contributed by atoms with van der Waals surface area (Å²) in [4.78, 5) is 22.3. The minimum absolute atomic E-state index is 0.188. The van der Waals surface area contributed by atoms with Gasteiger partial charge >= 0.3 is 6.09 Å². The van der Waals surface area contributed by atoms with Gasteiger partial charge in [-0.2, -0.15) is 0 Å². The zero-order valence-electron chi connectivity index (χ0n) is 11.0. The number of ether oxygens (including phenoxy) is 1. The van der Waals surface area contributed by atoms with E-state index < -0.39 is 11.7 Å². The van der Waals surface area contributed by atoms with Crippen molar-refractivity contribution in [3.63, 3.8) is 0 Å². The van der Waals surface area contributed by atoms with E-state index in [2.05, 4.69) is 5.32 Å². The van der Waals surface area contributed by atoms with Crippen LogP contribution in [-0.2, 0) is 9.53 Å². The third-order valence-electron chi connectivity index (χ3n) is 2.18. The van der Waals surface area contributed by atoms with Crippen LogP contribution in [0.1, 0.15) is 41.5 Å². The summed E-state index contributed by atoms with van der Waals surface area (Å²) in [5.74, 6) is -0.0276. The summed E-state index contributed by atoms with van der Waals surface area (Å²) in [6.45, 7) is 11.1. The second-order valence-corrected chi connectivity index (χ2v) is 5.41. The smallest absolute Gasteiger partial charge is 0.407 e. The summed E-state index contributed by atoms with van der Waals surface area (Å²) >= 11 is 0. The van der Waals surface area contributed by atoms with Gasteiger partial charge in [-0.3, -0.25) is 0 Å². The lowest BCUT2D eigenvalue weighted by molar-refractivity contribution is -0.111. The summed E-state index contributed by atoms with van der Waals surface area (Å²) in [6, 6.07) is -0.188. The molecular formula is C12H23NO3. The predicted molar refractivity (Wildman–Crippen MR) is 63.2 cm³/mol. The molecule has 4 heteroatoms. The van der Waals surface area contributed by atoms with Gasteiger partial charge in [0.25, 0.3) is 0 Å². The van der Waals surface area contributed by atoms with Crippen molar-refractivity contribution in [2.75, 3.05) is 0 Å². The van der Waals surface area contributed by atoms with E-state index in [0.717, 1.165) is 6.29 Å². The van der Waals surface area contributed by atoms with Crippen LogP contribution in [-0.4, -0.2) is 24.0 Å². The summed E-state index contributed by atoms with van der Waals surface area (Å²) in [5, 5.41) is 2.73. The molecule has 4 nitrogen and oxygen atoms in total. The van der Waals surface area contributed by atoms with E-state index in [9.17, 15) is 9.59 Å². The number of amides is 1. The highest BCUT2D eigenvalue weighted by atomic mass is 16.6. The normalized spacial score (nSPS) is 15.4. The molecule has 0 unspecified atom stereocenters. The lowest BCUT2D eigenvalue weighted by atomic mass is 9.93. The van der Waals surface area contributed by atoms with Gasteiger partial charge < -0.3 is 14.8 Å². The Morgan fingerprint density at radius 1 is 1.25 bits per heavy atom. The lowest BCUT2D eigenvalue weighted by Gasteiger charge is -2.27. The standard InChI is InChI=1S/C12H23NO3/c1-8(2)10(9(3)7-14)13-11(15)16-12(4,5)6/h7-10H,1-6H3,(H,13,15)/t9-,10+/m0/s1. The molecule has 0 radical (unpaired) electrons. The molecule has 0 aromatic carbocycles. The number of nitrogens with one attached hydrogen (secondary N) is 1. The van der Waals surface area contributed by atoms with Crippen molar-refractivity contribution in [1.29, 1.82) is 0 Å². The summed E-state index contributed by atoms with van der Waals surface area (Å²) in [6.07, 6.45) is 0.377. The predicted octanol–water partition coefficient (Wildman–Crippen LogP) is 2.37. The Bertz CT molecular complexity index is 243. The Labute approximate surface area is 97.7 Å². The molecule has 0 aliphatic heterocycles. The van der Waals surface area contributed by atoms with E-state index in [1.54, 1.807) is 27.7 Å². The maximum atomic E-state index is 11.5. The molecule has 2 atom stereocenters. The third kappa shape index (κ3) is 5.73. The molecule has 16 heavy (non-hydrogen) atoms. The molecule has 0 fully saturated rings. The van der Waals surface area contributed by atoms with Crippen LogP contribution in [0.5, 0.6) is 0 Å². The maximum Gasteiger partial charge on any atom is 0.407 e. The fourth-order valence-electron chi connectivity index (χ4n) is 1.43. The minimum atomic E-state index is -0.518. The first-order valence-electron chi connectivity index (χ1n) is 5.62. The van der Waals surface area contributed by atoms with E-state index in [4.69, 9.17) is 4.74 Å². The monoisotopic (exact) mass is 229 g/mol. The van der Waals surface area contributed by atoms with Gasteiger partial charge in [0, 0.05) is 12.0 Å². The highest BCUT2D eigenvalue weighted by molar-refractivity contribution is 5.69. The molecule has 0 rings (SSSR count). The van der Waals surface area contributed by atoms with Gasteiger partial charge in [-0.15, -0.1) is 0 Å². The second kappa shape index (κ2) is 5.87. The molecular weight excluding hydrogens is 206 g/mol. The molecule has 0 aliphatic carbocycles. The first kappa shape index (κ1) is 14.9. The van der Waals surface area contributed by atoms with Crippen LogP contribution in [0.3, 0.4) is 0 Å². The van der Waals surface area contributed by atoms with Crippen LogP contribution >= 0.6 is 0 Å². The van der Waals surface area contributed by atoms with Crippen molar-refractivity contribution in [3.05, 3.63) is 0 Å². The van der Waals surface area contributed by atoms with Crippen LogP contribution in [0, 0.1) is 11.8 Å². The molecule has 0 aromatic heterocycles. The second-order valence-electron chi connectivity index (χ2n) is 5.41. The van der Waals surface area contributed by atoms with Crippen molar-refractivity contribution in [2.24, 2.45) is 11.8 Å². The Kier molecular flexibility index (Phi) is 5.48. The topological polar surface area (TPSA) is 55.4 Å². The Hall–Kier alpha value is -1.06. The van der Waals surface area contributed by atoms with Crippen LogP contribution in [0.25, 0.3) is 0 Å². The van der Waals surface area contributed by atoms with Gasteiger partial charge in [0.1, 0.15) is 11.9 Å². The molecule has 0 heterocycles. The minimum Gasteiger partial charge on any atom is -0.444 e. The summed E-state index contributed by atoms with van der Waals surface area (Å²) in [5.41, 5.74) is -0.518. The number of hydrogen-bond donors (Lipinski definition) is 1.